The van der Waals surface area contributed by atoms with E-state index in [2.05, 4.69) is 54.5 Å². The van der Waals surface area contributed by atoms with E-state index in [1.165, 1.54) is 51.4 Å². The van der Waals surface area contributed by atoms with Crippen LogP contribution in [0.2, 0.25) is 0 Å². The maximum absolute atomic E-state index is 11.9. The molecule has 0 aromatic heterocycles. The molecule has 5 aliphatic rings. The molecule has 0 amide bonds. The molecule has 2 nitrogen and oxygen atoms in total. The van der Waals surface area contributed by atoms with E-state index in [0.717, 1.165) is 37.1 Å². The lowest BCUT2D eigenvalue weighted by atomic mass is 9.37. The molecule has 0 spiro atoms. The highest BCUT2D eigenvalue weighted by atomic mass is 16.5. The number of carbonyl (C=O) groups is 1. The number of hydrogen-bond donors (Lipinski definition) is 0. The van der Waals surface area contributed by atoms with Gasteiger partial charge in [-0.15, -0.1) is 0 Å². The minimum absolute atomic E-state index is 0.242. The van der Waals surface area contributed by atoms with Crippen LogP contribution in [0.3, 0.4) is 0 Å². The quantitative estimate of drug-likeness (QED) is 0.329. The number of fused-ring (bicyclic) bond motifs is 7. The van der Waals surface area contributed by atoms with Crippen molar-refractivity contribution in [3.63, 3.8) is 0 Å². The predicted octanol–water partition coefficient (Wildman–Crippen LogP) is 7.96. The Morgan fingerprint density at radius 1 is 0.938 bits per heavy atom. The maximum Gasteiger partial charge on any atom is 0.293 e. The third kappa shape index (κ3) is 2.68. The average molecular weight is 441 g/mol. The highest BCUT2D eigenvalue weighted by Crippen LogP contribution is 2.75. The molecular weight excluding hydrogens is 392 g/mol. The number of allylic oxidation sites excluding steroid dienone is 1. The van der Waals surface area contributed by atoms with Gasteiger partial charge in [0.25, 0.3) is 6.47 Å². The molecule has 0 heterocycles. The Morgan fingerprint density at radius 2 is 1.69 bits per heavy atom. The monoisotopic (exact) mass is 440 g/mol. The largest absolute Gasteiger partial charge is 0.460 e. The van der Waals surface area contributed by atoms with Crippen LogP contribution in [0, 0.1) is 51.2 Å². The van der Waals surface area contributed by atoms with Gasteiger partial charge in [-0.25, -0.2) is 0 Å². The van der Waals surface area contributed by atoms with Gasteiger partial charge in [0.15, 0.2) is 0 Å². The average Bonchev–Trinajstić information content (AvgIpc) is 3.08. The second kappa shape index (κ2) is 7.11. The topological polar surface area (TPSA) is 26.3 Å². The third-order valence-electron chi connectivity index (χ3n) is 12.7. The highest BCUT2D eigenvalue weighted by Gasteiger charge is 2.69. The molecule has 0 bridgehead atoms. The van der Waals surface area contributed by atoms with Gasteiger partial charge in [-0.2, -0.15) is 0 Å². The summed E-state index contributed by atoms with van der Waals surface area (Å²) >= 11 is 0. The summed E-state index contributed by atoms with van der Waals surface area (Å²) in [5, 5.41) is 0. The first-order chi connectivity index (χ1) is 15.0. The standard InChI is InChI=1S/C30H48O2/c1-20(2)21-9-12-25-27(21,5)17-18-28(6)22-10-11-24-26(3,4)14-8-15-30(24,32-19-31)23(22)13-16-29(25,28)7/h10,19-21,23-25H,8-9,11-18H2,1-7H3/t21-,23+,24+,25+,27-,28-,29+,30+/m1/s1. The minimum Gasteiger partial charge on any atom is -0.460 e. The zero-order valence-corrected chi connectivity index (χ0v) is 21.9. The summed E-state index contributed by atoms with van der Waals surface area (Å²) in [6, 6.07) is 0. The molecule has 0 aromatic rings. The van der Waals surface area contributed by atoms with Crippen molar-refractivity contribution in [2.45, 2.75) is 118 Å². The normalized spacial score (nSPS) is 51.7. The molecule has 5 aliphatic carbocycles. The van der Waals surface area contributed by atoms with E-state index in [9.17, 15) is 4.79 Å². The lowest BCUT2D eigenvalue weighted by molar-refractivity contribution is -0.197. The molecule has 0 aliphatic heterocycles. The second-order valence-corrected chi connectivity index (χ2v) is 14.3. The molecule has 0 N–H and O–H groups in total. The lowest BCUT2D eigenvalue weighted by Crippen LogP contribution is -2.64. The van der Waals surface area contributed by atoms with Crippen LogP contribution in [0.4, 0.5) is 0 Å². The molecule has 2 heteroatoms. The van der Waals surface area contributed by atoms with Crippen molar-refractivity contribution in [2.24, 2.45) is 51.2 Å². The number of rotatable bonds is 3. The Morgan fingerprint density at radius 3 is 2.38 bits per heavy atom. The molecule has 0 unspecified atom stereocenters. The van der Waals surface area contributed by atoms with Gasteiger partial charge in [-0.1, -0.05) is 60.1 Å². The van der Waals surface area contributed by atoms with Crippen molar-refractivity contribution in [1.29, 1.82) is 0 Å². The fourth-order valence-electron chi connectivity index (χ4n) is 11.1. The Balaban J connectivity index is 1.57. The molecule has 5 rings (SSSR count). The van der Waals surface area contributed by atoms with Crippen LogP contribution in [0.15, 0.2) is 11.6 Å². The van der Waals surface area contributed by atoms with Gasteiger partial charge in [-0.3, -0.25) is 4.79 Å². The van der Waals surface area contributed by atoms with E-state index in [1.54, 1.807) is 5.57 Å². The van der Waals surface area contributed by atoms with Crippen LogP contribution >= 0.6 is 0 Å². The fraction of sp³-hybridized carbons (Fsp3) is 0.900. The number of hydrogen-bond acceptors (Lipinski definition) is 2. The molecule has 4 saturated carbocycles. The van der Waals surface area contributed by atoms with Crippen LogP contribution < -0.4 is 0 Å². The minimum atomic E-state index is -0.269. The van der Waals surface area contributed by atoms with Gasteiger partial charge >= 0.3 is 0 Å². The van der Waals surface area contributed by atoms with Crippen molar-refractivity contribution >= 4 is 6.47 Å². The first-order valence-corrected chi connectivity index (χ1v) is 13.8. The molecule has 0 aromatic carbocycles. The summed E-state index contributed by atoms with van der Waals surface area (Å²) in [6.45, 7) is 18.5. The molecular formula is C30H48O2. The molecule has 180 valence electrons. The summed E-state index contributed by atoms with van der Waals surface area (Å²) in [4.78, 5) is 11.9. The van der Waals surface area contributed by atoms with E-state index in [-0.39, 0.29) is 16.4 Å². The summed E-state index contributed by atoms with van der Waals surface area (Å²) in [5.41, 5.74) is 2.78. The SMILES string of the molecule is CC(C)[C@H]1CC[C@H]2[C@]1(C)CC[C@]1(C)C3=CC[C@H]4C(C)(C)CCC[C@]4(OC=O)[C@H]3CC[C@@]21C. The van der Waals surface area contributed by atoms with Crippen molar-refractivity contribution < 1.29 is 9.53 Å². The zero-order valence-electron chi connectivity index (χ0n) is 21.9. The Labute approximate surface area is 197 Å². The highest BCUT2D eigenvalue weighted by molar-refractivity contribution is 5.42. The van der Waals surface area contributed by atoms with Crippen LogP contribution in [-0.2, 0) is 9.53 Å². The molecule has 32 heavy (non-hydrogen) atoms. The second-order valence-electron chi connectivity index (χ2n) is 14.3. The summed E-state index contributed by atoms with van der Waals surface area (Å²) in [5.74, 6) is 3.38. The number of carbonyl (C=O) groups excluding carboxylic acids is 1. The van der Waals surface area contributed by atoms with Crippen LogP contribution in [0.5, 0.6) is 0 Å². The van der Waals surface area contributed by atoms with Crippen LogP contribution in [0.1, 0.15) is 113 Å². The Bertz CT molecular complexity index is 810. The summed E-state index contributed by atoms with van der Waals surface area (Å²) in [6.07, 6.45) is 15.3. The summed E-state index contributed by atoms with van der Waals surface area (Å²) < 4.78 is 6.27. The fourth-order valence-corrected chi connectivity index (χ4v) is 11.1. The van der Waals surface area contributed by atoms with Crippen molar-refractivity contribution in [2.75, 3.05) is 0 Å². The van der Waals surface area contributed by atoms with Gasteiger partial charge in [0.2, 0.25) is 0 Å². The first-order valence-electron chi connectivity index (χ1n) is 13.8. The van der Waals surface area contributed by atoms with Crippen LogP contribution in [-0.4, -0.2) is 12.1 Å². The van der Waals surface area contributed by atoms with E-state index in [1.807, 2.05) is 0 Å². The smallest absolute Gasteiger partial charge is 0.293 e. The van der Waals surface area contributed by atoms with E-state index >= 15 is 0 Å². The summed E-state index contributed by atoms with van der Waals surface area (Å²) in [7, 11) is 0. The molecule has 0 saturated heterocycles. The molecule has 4 fully saturated rings. The predicted molar refractivity (Wildman–Crippen MR) is 131 cm³/mol. The van der Waals surface area contributed by atoms with Gasteiger partial charge in [0.05, 0.1) is 0 Å². The van der Waals surface area contributed by atoms with Crippen molar-refractivity contribution in [3.8, 4) is 0 Å². The number of ether oxygens (including phenoxy) is 1. The van der Waals surface area contributed by atoms with Crippen molar-refractivity contribution in [3.05, 3.63) is 11.6 Å². The van der Waals surface area contributed by atoms with E-state index in [4.69, 9.17) is 4.74 Å². The first kappa shape index (κ1) is 23.0. The van der Waals surface area contributed by atoms with E-state index < -0.39 is 0 Å². The Kier molecular flexibility index (Phi) is 5.10. The van der Waals surface area contributed by atoms with Crippen molar-refractivity contribution in [1.82, 2.24) is 0 Å². The zero-order chi connectivity index (χ0) is 23.2. The maximum atomic E-state index is 11.9. The Hall–Kier alpha value is -0.790. The molecule has 0 radical (unpaired) electrons. The van der Waals surface area contributed by atoms with Gasteiger partial charge in [0, 0.05) is 11.8 Å². The van der Waals surface area contributed by atoms with Gasteiger partial charge in [-0.05, 0) is 104 Å². The third-order valence-corrected chi connectivity index (χ3v) is 12.7. The van der Waals surface area contributed by atoms with Gasteiger partial charge in [0.1, 0.15) is 5.60 Å². The molecule has 8 atom stereocenters. The lowest BCUT2D eigenvalue weighted by Gasteiger charge is -2.68. The van der Waals surface area contributed by atoms with E-state index in [0.29, 0.717) is 22.7 Å². The van der Waals surface area contributed by atoms with Gasteiger partial charge < -0.3 is 4.74 Å². The van der Waals surface area contributed by atoms with Crippen LogP contribution in [0.25, 0.3) is 0 Å².